The van der Waals surface area contributed by atoms with Crippen molar-refractivity contribution >= 4 is 12.3 Å². The van der Waals surface area contributed by atoms with Gasteiger partial charge in [-0.05, 0) is 0 Å². The van der Waals surface area contributed by atoms with Crippen LogP contribution >= 0.6 is 0 Å². The first-order chi connectivity index (χ1) is 7.13. The molecule has 0 aliphatic heterocycles. The minimum Gasteiger partial charge on any atom is -0.476 e. The predicted molar refractivity (Wildman–Crippen MR) is 49.7 cm³/mol. The van der Waals surface area contributed by atoms with Gasteiger partial charge in [0.05, 0.1) is 19.0 Å². The second kappa shape index (κ2) is 5.04. The molecule has 0 amide bonds. The van der Waals surface area contributed by atoms with Crippen LogP contribution in [0.5, 0.6) is 5.88 Å². The lowest BCUT2D eigenvalue weighted by Crippen LogP contribution is -2.11. The number of rotatable bonds is 5. The van der Waals surface area contributed by atoms with Gasteiger partial charge in [0.25, 0.3) is 0 Å². The summed E-state index contributed by atoms with van der Waals surface area (Å²) in [5, 5.41) is 8.54. The summed E-state index contributed by atoms with van der Waals surface area (Å²) < 4.78 is 5.10. The van der Waals surface area contributed by atoms with Crippen molar-refractivity contribution in [3.63, 3.8) is 0 Å². The summed E-state index contributed by atoms with van der Waals surface area (Å²) in [6.07, 6.45) is 3.07. The molecule has 1 N–H and O–H groups in total. The molecule has 0 radical (unpaired) electrons. The van der Waals surface area contributed by atoms with Crippen LogP contribution in [0.2, 0.25) is 0 Å². The number of ether oxygens (including phenoxy) is 1. The van der Waals surface area contributed by atoms with E-state index >= 15 is 0 Å². The van der Waals surface area contributed by atoms with E-state index in [2.05, 4.69) is 9.97 Å². The van der Waals surface area contributed by atoms with Gasteiger partial charge in [-0.2, -0.15) is 0 Å². The van der Waals surface area contributed by atoms with E-state index in [1.807, 2.05) is 0 Å². The fraction of sp³-hybridized carbons (Fsp3) is 0.333. The minimum absolute atomic E-state index is 0.147. The predicted octanol–water partition coefficient (Wildman–Crippen LogP) is 0.389. The van der Waals surface area contributed by atoms with Gasteiger partial charge < -0.3 is 14.6 Å². The average Bonchev–Trinajstić information content (AvgIpc) is 2.26. The third-order valence-corrected chi connectivity index (χ3v) is 1.57. The highest BCUT2D eigenvalue weighted by molar-refractivity contribution is 5.84. The van der Waals surface area contributed by atoms with E-state index in [4.69, 9.17) is 9.84 Å². The number of carboxylic acid groups (broad SMARTS) is 1. The van der Waals surface area contributed by atoms with Crippen LogP contribution in [0, 0.1) is 5.92 Å². The Labute approximate surface area is 85.9 Å². The lowest BCUT2D eigenvalue weighted by atomic mass is 10.2. The molecule has 1 atom stereocenters. The molecule has 1 rings (SSSR count). The van der Waals surface area contributed by atoms with Gasteiger partial charge >= 0.3 is 5.97 Å². The van der Waals surface area contributed by atoms with Crippen LogP contribution in [0.3, 0.4) is 0 Å². The molecule has 0 aromatic carbocycles. The number of nitrogens with zero attached hydrogens (tertiary/aromatic N) is 2. The van der Waals surface area contributed by atoms with E-state index in [1.165, 1.54) is 6.20 Å². The molecular formula is C9H10N2O4. The maximum absolute atomic E-state index is 10.4. The van der Waals surface area contributed by atoms with Crippen molar-refractivity contribution in [2.75, 3.05) is 6.61 Å². The fourth-order valence-corrected chi connectivity index (χ4v) is 0.757. The van der Waals surface area contributed by atoms with Gasteiger partial charge in [-0.15, -0.1) is 0 Å². The average molecular weight is 210 g/mol. The molecule has 0 spiro atoms. The molecular weight excluding hydrogens is 200 g/mol. The largest absolute Gasteiger partial charge is 0.476 e. The highest BCUT2D eigenvalue weighted by atomic mass is 16.5. The van der Waals surface area contributed by atoms with E-state index in [9.17, 15) is 9.59 Å². The first-order valence-corrected chi connectivity index (χ1v) is 4.27. The molecule has 1 aromatic rings. The van der Waals surface area contributed by atoms with Crippen molar-refractivity contribution in [3.05, 3.63) is 18.1 Å². The molecule has 1 aromatic heterocycles. The van der Waals surface area contributed by atoms with Crippen molar-refractivity contribution in [1.82, 2.24) is 9.97 Å². The maximum Gasteiger partial charge on any atom is 0.356 e. The zero-order valence-corrected chi connectivity index (χ0v) is 8.08. The molecule has 0 saturated carbocycles. The van der Waals surface area contributed by atoms with Crippen LogP contribution in [0.1, 0.15) is 17.4 Å². The Morgan fingerprint density at radius 1 is 1.60 bits per heavy atom. The van der Waals surface area contributed by atoms with Crippen molar-refractivity contribution in [3.8, 4) is 5.88 Å². The Morgan fingerprint density at radius 3 is 2.80 bits per heavy atom. The van der Waals surface area contributed by atoms with Crippen LogP contribution in [-0.2, 0) is 4.79 Å². The highest BCUT2D eigenvalue weighted by Gasteiger charge is 2.06. The van der Waals surface area contributed by atoms with Crippen LogP contribution in [0.4, 0.5) is 0 Å². The smallest absolute Gasteiger partial charge is 0.356 e. The highest BCUT2D eigenvalue weighted by Crippen LogP contribution is 2.05. The minimum atomic E-state index is -1.14. The van der Waals surface area contributed by atoms with E-state index in [1.54, 1.807) is 6.92 Å². The van der Waals surface area contributed by atoms with Gasteiger partial charge in [0, 0.05) is 5.92 Å². The molecule has 80 valence electrons. The Morgan fingerprint density at radius 2 is 2.33 bits per heavy atom. The van der Waals surface area contributed by atoms with Gasteiger partial charge in [-0.1, -0.05) is 6.92 Å². The number of carboxylic acids is 1. The molecule has 6 nitrogen and oxygen atoms in total. The van der Waals surface area contributed by atoms with Crippen LogP contribution in [0.25, 0.3) is 0 Å². The topological polar surface area (TPSA) is 89.4 Å². The van der Waals surface area contributed by atoms with Crippen molar-refractivity contribution in [2.24, 2.45) is 5.92 Å². The molecule has 0 bridgehead atoms. The molecule has 0 saturated heterocycles. The summed E-state index contributed by atoms with van der Waals surface area (Å²) >= 11 is 0. The number of aldehydes is 1. The van der Waals surface area contributed by atoms with Gasteiger partial charge in [-0.25, -0.2) is 14.8 Å². The van der Waals surface area contributed by atoms with E-state index in [-0.39, 0.29) is 24.1 Å². The van der Waals surface area contributed by atoms with Gasteiger partial charge in [-0.3, -0.25) is 0 Å². The molecule has 0 aliphatic rings. The van der Waals surface area contributed by atoms with Gasteiger partial charge in [0.15, 0.2) is 5.69 Å². The van der Waals surface area contributed by atoms with Crippen LogP contribution in [-0.4, -0.2) is 33.9 Å². The third-order valence-electron chi connectivity index (χ3n) is 1.57. The normalized spacial score (nSPS) is 11.8. The summed E-state index contributed by atoms with van der Waals surface area (Å²) in [5.74, 6) is -1.17. The van der Waals surface area contributed by atoms with E-state index in [0.717, 1.165) is 12.5 Å². The van der Waals surface area contributed by atoms with Gasteiger partial charge in [0.2, 0.25) is 5.88 Å². The molecule has 6 heteroatoms. The van der Waals surface area contributed by atoms with E-state index in [0.29, 0.717) is 0 Å². The first-order valence-electron chi connectivity index (χ1n) is 4.27. The summed E-state index contributed by atoms with van der Waals surface area (Å²) in [5.41, 5.74) is -0.147. The zero-order chi connectivity index (χ0) is 11.3. The number of carbonyl (C=O) groups is 2. The van der Waals surface area contributed by atoms with Crippen LogP contribution < -0.4 is 4.74 Å². The summed E-state index contributed by atoms with van der Waals surface area (Å²) in [6, 6.07) is 0. The molecule has 0 aliphatic carbocycles. The summed E-state index contributed by atoms with van der Waals surface area (Å²) in [6.45, 7) is 1.90. The Bertz CT molecular complexity index is 350. The standard InChI is InChI=1S/C9H10N2O4/c1-6(4-12)5-15-8-3-10-7(2-11-8)9(13)14/h2-4,6H,5H2,1H3,(H,13,14). The number of aromatic carboxylic acids is 1. The fourth-order valence-electron chi connectivity index (χ4n) is 0.757. The van der Waals surface area contributed by atoms with E-state index < -0.39 is 5.97 Å². The van der Waals surface area contributed by atoms with Crippen molar-refractivity contribution in [2.45, 2.75) is 6.92 Å². The van der Waals surface area contributed by atoms with Crippen LogP contribution in [0.15, 0.2) is 12.4 Å². The quantitative estimate of drug-likeness (QED) is 0.707. The second-order valence-electron chi connectivity index (χ2n) is 2.97. The molecule has 1 unspecified atom stereocenters. The zero-order valence-electron chi connectivity index (χ0n) is 8.08. The maximum atomic E-state index is 10.4. The molecule has 0 fully saturated rings. The third kappa shape index (κ3) is 3.34. The van der Waals surface area contributed by atoms with Crippen molar-refractivity contribution in [1.29, 1.82) is 0 Å². The molecule has 1 heterocycles. The summed E-state index contributed by atoms with van der Waals surface area (Å²) in [4.78, 5) is 28.0. The number of carbonyl (C=O) groups excluding carboxylic acids is 1. The number of hydrogen-bond donors (Lipinski definition) is 1. The Hall–Kier alpha value is -1.98. The Kier molecular flexibility index (Phi) is 3.73. The SMILES string of the molecule is CC(C=O)COc1cnc(C(=O)O)cn1. The summed E-state index contributed by atoms with van der Waals surface area (Å²) in [7, 11) is 0. The second-order valence-corrected chi connectivity index (χ2v) is 2.97. The monoisotopic (exact) mass is 210 g/mol. The lowest BCUT2D eigenvalue weighted by Gasteiger charge is -2.05. The molecule has 15 heavy (non-hydrogen) atoms. The Balaban J connectivity index is 2.57. The lowest BCUT2D eigenvalue weighted by molar-refractivity contribution is -0.111. The number of hydrogen-bond acceptors (Lipinski definition) is 5. The first kappa shape index (κ1) is 11.1. The number of aromatic nitrogens is 2. The van der Waals surface area contributed by atoms with Gasteiger partial charge in [0.1, 0.15) is 6.29 Å². The van der Waals surface area contributed by atoms with Crippen molar-refractivity contribution < 1.29 is 19.4 Å².